The van der Waals surface area contributed by atoms with Crippen molar-refractivity contribution < 1.29 is 28.9 Å². The van der Waals surface area contributed by atoms with Crippen LogP contribution in [0.5, 0.6) is 0 Å². The zero-order valence-electron chi connectivity index (χ0n) is 19.6. The number of β-lactam (4-membered cyclic amide) rings is 1. The van der Waals surface area contributed by atoms with Crippen molar-refractivity contribution in [3.8, 4) is 0 Å². The van der Waals surface area contributed by atoms with E-state index in [1.807, 2.05) is 47.3 Å². The fourth-order valence-electron chi connectivity index (χ4n) is 4.27. The first kappa shape index (κ1) is 24.2. The minimum atomic E-state index is -1.20. The number of thioether (sulfide) groups is 1. The quantitative estimate of drug-likeness (QED) is 0.172. The van der Waals surface area contributed by atoms with Gasteiger partial charge < -0.3 is 21.0 Å². The average molecular weight is 521 g/mol. The van der Waals surface area contributed by atoms with Crippen LogP contribution in [0.3, 0.4) is 0 Å². The lowest BCUT2D eigenvalue weighted by atomic mass is 10.0. The number of pyridine rings is 1. The van der Waals surface area contributed by atoms with E-state index in [0.29, 0.717) is 17.9 Å². The molecule has 1 fully saturated rings. The van der Waals surface area contributed by atoms with Gasteiger partial charge in [-0.1, -0.05) is 23.4 Å². The fourth-order valence-corrected chi connectivity index (χ4v) is 5.61. The van der Waals surface area contributed by atoms with Crippen LogP contribution in [0.4, 0.5) is 5.82 Å². The zero-order valence-corrected chi connectivity index (χ0v) is 20.4. The maximum Gasteiger partial charge on any atom is 0.352 e. The molecule has 2 aliphatic heterocycles. The third kappa shape index (κ3) is 4.56. The van der Waals surface area contributed by atoms with E-state index in [4.69, 9.17) is 10.6 Å². The molecule has 1 unspecified atom stereocenters. The molecule has 13 heteroatoms. The highest BCUT2D eigenvalue weighted by Crippen LogP contribution is 2.40. The van der Waals surface area contributed by atoms with E-state index >= 15 is 0 Å². The molecule has 2 atom stereocenters. The Balaban J connectivity index is 1.36. The number of nitrogens with two attached hydrogens (primary N) is 1. The SMILES string of the molecule is CO/N=C(\C(=O)NC1C(=O)N2C(C(=O)O)=C(C[n+]3ccc4ccccc4c3)CS[C@H]12)c1nccc(N)n1. The molecule has 3 aromatic rings. The van der Waals surface area contributed by atoms with Gasteiger partial charge in [0.05, 0.1) is 0 Å². The number of aromatic nitrogens is 3. The van der Waals surface area contributed by atoms with Gasteiger partial charge in [-0.15, -0.1) is 11.8 Å². The molecule has 1 saturated heterocycles. The number of nitrogens with one attached hydrogen (secondary N) is 1. The molecular formula is C24H22N7O5S+. The van der Waals surface area contributed by atoms with E-state index in [1.54, 1.807) is 0 Å². The van der Waals surface area contributed by atoms with Gasteiger partial charge in [0.25, 0.3) is 11.8 Å². The van der Waals surface area contributed by atoms with E-state index in [9.17, 15) is 19.5 Å². The van der Waals surface area contributed by atoms with Gasteiger partial charge in [0, 0.05) is 29.0 Å². The van der Waals surface area contributed by atoms with E-state index in [1.165, 1.54) is 36.0 Å². The number of hydrogen-bond donors (Lipinski definition) is 3. The molecule has 1 aromatic carbocycles. The second kappa shape index (κ2) is 9.85. The number of benzene rings is 1. The van der Waals surface area contributed by atoms with Crippen molar-refractivity contribution in [1.29, 1.82) is 0 Å². The molecule has 0 spiro atoms. The summed E-state index contributed by atoms with van der Waals surface area (Å²) in [6, 6.07) is 10.3. The molecule has 0 aliphatic carbocycles. The normalized spacial score (nSPS) is 19.3. The number of nitrogen functional groups attached to an aromatic ring is 1. The minimum absolute atomic E-state index is 0.0649. The van der Waals surface area contributed by atoms with Crippen molar-refractivity contribution >= 4 is 51.8 Å². The molecule has 4 N–H and O–H groups in total. The molecule has 5 rings (SSSR count). The third-order valence-electron chi connectivity index (χ3n) is 5.94. The first-order valence-electron chi connectivity index (χ1n) is 11.2. The topological polar surface area (TPSA) is 164 Å². The molecule has 2 aromatic heterocycles. The van der Waals surface area contributed by atoms with Gasteiger partial charge in [0.2, 0.25) is 5.71 Å². The first-order valence-corrected chi connectivity index (χ1v) is 12.2. The summed E-state index contributed by atoms with van der Waals surface area (Å²) in [7, 11) is 1.26. The zero-order chi connectivity index (χ0) is 26.1. The molecule has 0 radical (unpaired) electrons. The van der Waals surface area contributed by atoms with Crippen molar-refractivity contribution in [2.24, 2.45) is 5.16 Å². The molecule has 0 saturated carbocycles. The monoisotopic (exact) mass is 520 g/mol. The maximum atomic E-state index is 13.1. The Hall–Kier alpha value is -4.52. The van der Waals surface area contributed by atoms with Crippen molar-refractivity contribution in [3.05, 3.63) is 72.1 Å². The molecular weight excluding hydrogens is 498 g/mol. The molecule has 0 bridgehead atoms. The number of fused-ring (bicyclic) bond motifs is 2. The molecule has 188 valence electrons. The number of amides is 2. The summed E-state index contributed by atoms with van der Waals surface area (Å²) in [5, 5.41) is 17.8. The minimum Gasteiger partial charge on any atom is -0.477 e. The Labute approximate surface area is 214 Å². The van der Waals surface area contributed by atoms with Crippen molar-refractivity contribution in [1.82, 2.24) is 20.2 Å². The van der Waals surface area contributed by atoms with Gasteiger partial charge in [0.1, 0.15) is 30.0 Å². The Kier molecular flexibility index (Phi) is 6.44. The number of oxime groups is 1. The van der Waals surface area contributed by atoms with E-state index in [0.717, 1.165) is 10.8 Å². The van der Waals surface area contributed by atoms with Gasteiger partial charge in [-0.25, -0.2) is 19.3 Å². The first-order chi connectivity index (χ1) is 17.9. The lowest BCUT2D eigenvalue weighted by Gasteiger charge is -2.49. The maximum absolute atomic E-state index is 13.1. The number of carbonyl (C=O) groups is 3. The summed E-state index contributed by atoms with van der Waals surface area (Å²) in [4.78, 5) is 52.2. The molecule has 12 nitrogen and oxygen atoms in total. The van der Waals surface area contributed by atoms with Crippen LogP contribution < -0.4 is 15.6 Å². The number of anilines is 1. The summed E-state index contributed by atoms with van der Waals surface area (Å²) >= 11 is 1.38. The largest absolute Gasteiger partial charge is 0.477 e. The highest BCUT2D eigenvalue weighted by molar-refractivity contribution is 8.00. The molecule has 2 aliphatic rings. The van der Waals surface area contributed by atoms with E-state index in [2.05, 4.69) is 20.4 Å². The van der Waals surface area contributed by atoms with Crippen LogP contribution in [0.25, 0.3) is 10.8 Å². The van der Waals surface area contributed by atoms with Gasteiger partial charge in [-0.05, 0) is 17.5 Å². The predicted octanol–water partition coefficient (Wildman–Crippen LogP) is 0.289. The summed E-state index contributed by atoms with van der Waals surface area (Å²) in [5.74, 6) is -2.05. The smallest absolute Gasteiger partial charge is 0.352 e. The fraction of sp³-hybridized carbons (Fsp3) is 0.208. The Morgan fingerprint density at radius 2 is 2.08 bits per heavy atom. The second-order valence-corrected chi connectivity index (χ2v) is 9.40. The number of nitrogens with zero attached hydrogens (tertiary/aromatic N) is 5. The molecule has 37 heavy (non-hydrogen) atoms. The summed E-state index contributed by atoms with van der Waals surface area (Å²) in [6.07, 6.45) is 5.18. The van der Waals surface area contributed by atoms with Crippen LogP contribution in [0.1, 0.15) is 5.82 Å². The number of carboxylic acid groups (broad SMARTS) is 1. The number of rotatable bonds is 7. The van der Waals surface area contributed by atoms with Crippen LogP contribution in [-0.4, -0.2) is 67.7 Å². The van der Waals surface area contributed by atoms with Gasteiger partial charge in [0.15, 0.2) is 24.8 Å². The van der Waals surface area contributed by atoms with Gasteiger partial charge in [-0.3, -0.25) is 14.5 Å². The summed E-state index contributed by atoms with van der Waals surface area (Å²) < 4.78 is 1.89. The highest BCUT2D eigenvalue weighted by atomic mass is 32.2. The summed E-state index contributed by atoms with van der Waals surface area (Å²) in [5.41, 5.74) is 5.95. The molecule has 4 heterocycles. The van der Waals surface area contributed by atoms with Gasteiger partial charge >= 0.3 is 5.97 Å². The van der Waals surface area contributed by atoms with Crippen LogP contribution in [0.15, 0.2) is 71.4 Å². The third-order valence-corrected chi connectivity index (χ3v) is 7.28. The molecule has 2 amide bonds. The van der Waals surface area contributed by atoms with Crippen LogP contribution in [0.2, 0.25) is 0 Å². The standard InChI is InChI=1S/C24H21N7O5S/c1-36-29-17(20-26-8-6-16(25)27-20)21(32)28-18-22(33)31-19(24(34)35)15(12-37-23(18)31)11-30-9-7-13-4-2-3-5-14(13)10-30/h2-10,18,23H,11-12H2,1H3,(H3-,25,26,27,28,32,34,35)/p+1/b29-17-/t18?,23-/m1/s1. The predicted molar refractivity (Wildman–Crippen MR) is 134 cm³/mol. The number of carbonyl (C=O) groups excluding carboxylic acids is 2. The Morgan fingerprint density at radius 3 is 2.81 bits per heavy atom. The van der Waals surface area contributed by atoms with Crippen molar-refractivity contribution in [2.75, 3.05) is 18.6 Å². The average Bonchev–Trinajstić information content (AvgIpc) is 2.89. The number of carboxylic acids is 1. The van der Waals surface area contributed by atoms with Gasteiger partial charge in [-0.2, -0.15) is 0 Å². The highest BCUT2D eigenvalue weighted by Gasteiger charge is 2.54. The number of hydrogen-bond acceptors (Lipinski definition) is 9. The van der Waals surface area contributed by atoms with Crippen LogP contribution in [0, 0.1) is 0 Å². The summed E-state index contributed by atoms with van der Waals surface area (Å²) in [6.45, 7) is 0.310. The Morgan fingerprint density at radius 1 is 1.30 bits per heavy atom. The Bertz CT molecular complexity index is 1490. The lowest BCUT2D eigenvalue weighted by molar-refractivity contribution is -0.687. The van der Waals surface area contributed by atoms with E-state index < -0.39 is 29.2 Å². The number of aliphatic carboxylic acids is 1. The lowest BCUT2D eigenvalue weighted by Crippen LogP contribution is -2.71. The van der Waals surface area contributed by atoms with Crippen molar-refractivity contribution in [2.45, 2.75) is 18.0 Å². The second-order valence-electron chi connectivity index (χ2n) is 8.29. The van der Waals surface area contributed by atoms with E-state index in [-0.39, 0.29) is 23.1 Å². The van der Waals surface area contributed by atoms with Crippen LogP contribution in [-0.2, 0) is 25.8 Å². The van der Waals surface area contributed by atoms with Crippen molar-refractivity contribution in [3.63, 3.8) is 0 Å². The van der Waals surface area contributed by atoms with Crippen LogP contribution >= 0.6 is 11.8 Å².